The molecule has 0 unspecified atom stereocenters. The summed E-state index contributed by atoms with van der Waals surface area (Å²) >= 11 is 3.60. The molecule has 10 aromatic carbocycles. The first-order valence-electron chi connectivity index (χ1n) is 23.3. The largest absolute Gasteiger partial charge is 0.454 e. The van der Waals surface area contributed by atoms with Crippen LogP contribution in [0, 0.1) is 24.8 Å². The molecule has 0 saturated heterocycles. The number of benzene rings is 10. The van der Waals surface area contributed by atoms with Crippen molar-refractivity contribution in [1.29, 1.82) is 5.26 Å². The Bertz CT molecular complexity index is 4650. The van der Waals surface area contributed by atoms with Crippen LogP contribution in [-0.4, -0.2) is 9.13 Å². The van der Waals surface area contributed by atoms with Gasteiger partial charge in [-0.15, -0.1) is 22.7 Å². The van der Waals surface area contributed by atoms with Gasteiger partial charge < -0.3 is 13.6 Å². The van der Waals surface area contributed by atoms with Crippen LogP contribution >= 0.6 is 22.7 Å². The van der Waals surface area contributed by atoms with E-state index in [1.165, 1.54) is 30.9 Å². The molecule has 0 N–H and O–H groups in total. The molecule has 0 aliphatic carbocycles. The van der Waals surface area contributed by atoms with E-state index in [0.717, 1.165) is 108 Å². The molecule has 5 nitrogen and oxygen atoms in total. The average molecular weight is 927 g/mol. The van der Waals surface area contributed by atoms with Crippen molar-refractivity contribution in [2.24, 2.45) is 0 Å². The van der Waals surface area contributed by atoms with Crippen LogP contribution in [-0.2, 0) is 0 Å². The maximum atomic E-state index is 12.2. The van der Waals surface area contributed by atoms with E-state index in [4.69, 9.17) is 4.42 Å². The Kier molecular flexibility index (Phi) is 8.10. The zero-order chi connectivity index (χ0) is 46.4. The van der Waals surface area contributed by atoms with Crippen molar-refractivity contribution in [2.45, 2.75) is 6.92 Å². The Hall–Kier alpha value is -8.98. The highest BCUT2D eigenvalue weighted by molar-refractivity contribution is 7.27. The summed E-state index contributed by atoms with van der Waals surface area (Å²) in [5.41, 5.74) is 11.8. The lowest BCUT2D eigenvalue weighted by Crippen LogP contribution is -2.08. The molecule has 0 aliphatic rings. The second-order valence-corrected chi connectivity index (χ2v) is 20.2. The normalized spacial score (nSPS) is 12.0. The van der Waals surface area contributed by atoms with E-state index in [0.29, 0.717) is 16.9 Å². The monoisotopic (exact) mass is 926 g/mol. The molecule has 15 rings (SSSR count). The van der Waals surface area contributed by atoms with E-state index in [1.54, 1.807) is 22.7 Å². The van der Waals surface area contributed by atoms with Gasteiger partial charge in [-0.1, -0.05) is 158 Å². The van der Waals surface area contributed by atoms with Gasteiger partial charge in [0.05, 0.1) is 55.0 Å². The van der Waals surface area contributed by atoms with Gasteiger partial charge in [0.1, 0.15) is 11.7 Å². The van der Waals surface area contributed by atoms with E-state index >= 15 is 0 Å². The molecule has 0 amide bonds. The number of aryl methyl sites for hydroxylation is 1. The highest BCUT2D eigenvalue weighted by atomic mass is 32.1. The molecule has 0 aliphatic heterocycles. The summed E-state index contributed by atoms with van der Waals surface area (Å²) in [6, 6.07) is 68.7. The maximum Gasteiger partial charge on any atom is 0.221 e. The molecular weight excluding hydrogens is 893 g/mol. The Morgan fingerprint density at radius 3 is 1.64 bits per heavy atom. The van der Waals surface area contributed by atoms with Crippen molar-refractivity contribution in [2.75, 3.05) is 0 Å². The number of fused-ring (bicyclic) bond motifs is 18. The lowest BCUT2D eigenvalue weighted by Gasteiger charge is -2.26. The fourth-order valence-corrected chi connectivity index (χ4v) is 14.1. The van der Waals surface area contributed by atoms with E-state index < -0.39 is 0 Å². The van der Waals surface area contributed by atoms with Crippen molar-refractivity contribution < 1.29 is 4.42 Å². The summed E-state index contributed by atoms with van der Waals surface area (Å²) in [4.78, 5) is 4.66. The fourth-order valence-electron chi connectivity index (χ4n) is 11.7. The van der Waals surface area contributed by atoms with Crippen LogP contribution < -0.4 is 0 Å². The lowest BCUT2D eigenvalue weighted by molar-refractivity contribution is 0.671. The molecule has 0 atom stereocenters. The van der Waals surface area contributed by atoms with Crippen molar-refractivity contribution in [3.8, 4) is 39.7 Å². The summed E-state index contributed by atoms with van der Waals surface area (Å²) < 4.78 is 16.3. The fraction of sp³-hybridized carbons (Fsp3) is 0.0159. The average Bonchev–Trinajstić information content (AvgIpc) is 4.24. The molecule has 7 heteroatoms. The van der Waals surface area contributed by atoms with Crippen LogP contribution in [0.25, 0.3) is 144 Å². The van der Waals surface area contributed by atoms with Crippen LogP contribution in [0.3, 0.4) is 0 Å². The van der Waals surface area contributed by atoms with Gasteiger partial charge in [0.15, 0.2) is 5.58 Å². The third-order valence-electron chi connectivity index (χ3n) is 14.5. The van der Waals surface area contributed by atoms with Gasteiger partial charge >= 0.3 is 0 Å². The zero-order valence-corrected chi connectivity index (χ0v) is 39.0. The van der Waals surface area contributed by atoms with Gasteiger partial charge in [-0.2, -0.15) is 5.26 Å². The SMILES string of the molecule is [C-]#[N+]c1c(-c2ccccc2)c(-n2c3c(ccc4c5ccccc5sc43)c3ccc4c5ccccc5sc4c32)c(-c2ccccc2)c(C#N)c1-n1c2ccccc2c2cc(C)c3c4ccccc4oc3c21. The Labute approximate surface area is 407 Å². The molecule has 5 heterocycles. The molecule has 15 aromatic rings. The van der Waals surface area contributed by atoms with Crippen LogP contribution in [0.2, 0.25) is 0 Å². The first kappa shape index (κ1) is 39.1. The van der Waals surface area contributed by atoms with Crippen LogP contribution in [0.4, 0.5) is 5.69 Å². The van der Waals surface area contributed by atoms with Gasteiger partial charge in [-0.3, -0.25) is 0 Å². The summed E-state index contributed by atoms with van der Waals surface area (Å²) in [5, 5.41) is 23.3. The Balaban J connectivity index is 1.24. The number of nitriles is 1. The van der Waals surface area contributed by atoms with Crippen LogP contribution in [0.5, 0.6) is 0 Å². The minimum absolute atomic E-state index is 0.381. The number of rotatable bonds is 4. The van der Waals surface area contributed by atoms with Crippen LogP contribution in [0.15, 0.2) is 192 Å². The molecule has 0 radical (unpaired) electrons. The highest BCUT2D eigenvalue weighted by Gasteiger charge is 2.34. The lowest BCUT2D eigenvalue weighted by atomic mass is 9.88. The van der Waals surface area contributed by atoms with Gasteiger partial charge in [-0.25, -0.2) is 4.85 Å². The van der Waals surface area contributed by atoms with Gasteiger partial charge in [0.25, 0.3) is 0 Å². The number of thiophene rings is 2. The molecule has 0 spiro atoms. The Morgan fingerprint density at radius 1 is 0.500 bits per heavy atom. The summed E-state index contributed by atoms with van der Waals surface area (Å²) in [6.45, 7) is 11.7. The molecule has 0 fully saturated rings. The number of aromatic nitrogens is 2. The molecule has 0 bridgehead atoms. The minimum atomic E-state index is 0.381. The summed E-state index contributed by atoms with van der Waals surface area (Å²) in [7, 11) is 0. The quantitative estimate of drug-likeness (QED) is 0.165. The van der Waals surface area contributed by atoms with E-state index in [-0.39, 0.29) is 0 Å². The number of hydrogen-bond donors (Lipinski definition) is 0. The third kappa shape index (κ3) is 5.12. The molecule has 70 heavy (non-hydrogen) atoms. The smallest absolute Gasteiger partial charge is 0.221 e. The standard InChI is InChI=1S/C63H34N4OS2/c1-35-33-46-38-21-9-13-25-48(38)66(57(46)61-52(35)45-24-10-14-26-49(45)68-61)56-47(34-64)53(36-17-5-3-6-18-36)60(54(55(56)65-2)37-19-7-4-8-20-37)67-58-41(29-31-43-39-22-11-15-27-50(39)69-62(43)58)42-30-32-44-40-23-12-16-28-51(40)70-63(44)59(42)67/h3-33H,1H3. The Morgan fingerprint density at radius 2 is 1.03 bits per heavy atom. The second-order valence-electron chi connectivity index (χ2n) is 18.1. The van der Waals surface area contributed by atoms with Crippen molar-refractivity contribution in [3.63, 3.8) is 0 Å². The number of nitrogens with zero attached hydrogens (tertiary/aromatic N) is 4. The summed E-state index contributed by atoms with van der Waals surface area (Å²) in [5.74, 6) is 0. The van der Waals surface area contributed by atoms with Crippen molar-refractivity contribution in [3.05, 3.63) is 211 Å². The molecule has 324 valence electrons. The van der Waals surface area contributed by atoms with Crippen LogP contribution in [0.1, 0.15) is 11.1 Å². The summed E-state index contributed by atoms with van der Waals surface area (Å²) in [6.07, 6.45) is 0. The minimum Gasteiger partial charge on any atom is -0.454 e. The number of hydrogen-bond acceptors (Lipinski definition) is 4. The van der Waals surface area contributed by atoms with Gasteiger partial charge in [-0.05, 0) is 53.9 Å². The van der Waals surface area contributed by atoms with Gasteiger partial charge in [0, 0.05) is 74.4 Å². The second kappa shape index (κ2) is 14.5. The van der Waals surface area contributed by atoms with Crippen molar-refractivity contribution >= 4 is 134 Å². The van der Waals surface area contributed by atoms with Gasteiger partial charge in [0.2, 0.25) is 5.69 Å². The van der Waals surface area contributed by atoms with E-state index in [9.17, 15) is 11.8 Å². The number of furan rings is 1. The molecule has 5 aromatic heterocycles. The maximum absolute atomic E-state index is 12.2. The van der Waals surface area contributed by atoms with E-state index in [2.05, 4.69) is 154 Å². The first-order chi connectivity index (χ1) is 34.6. The predicted octanol–water partition coefficient (Wildman–Crippen LogP) is 18.6. The number of para-hydroxylation sites is 2. The predicted molar refractivity (Wildman–Crippen MR) is 295 cm³/mol. The third-order valence-corrected chi connectivity index (χ3v) is 16.9. The van der Waals surface area contributed by atoms with E-state index in [1.807, 2.05) is 60.7 Å². The first-order valence-corrected chi connectivity index (χ1v) is 24.9. The molecular formula is C63H34N4OS2. The topological polar surface area (TPSA) is 51.1 Å². The molecule has 0 saturated carbocycles. The van der Waals surface area contributed by atoms with Crippen molar-refractivity contribution in [1.82, 2.24) is 9.13 Å². The zero-order valence-electron chi connectivity index (χ0n) is 37.4. The highest BCUT2D eigenvalue weighted by Crippen LogP contribution is 2.55.